The Kier molecular flexibility index (Phi) is 8.54. The topological polar surface area (TPSA) is 71.5 Å². The molecule has 7 heteroatoms. The Bertz CT molecular complexity index is 718. The van der Waals surface area contributed by atoms with E-state index < -0.39 is 6.10 Å². The SMILES string of the molecule is C/C=C/c1ccc(OCC(O)CN2CCCC(C(=O)N3CCOCC3)C2)c(OC)c1. The molecule has 2 saturated heterocycles. The smallest absolute Gasteiger partial charge is 0.227 e. The quantitative estimate of drug-likeness (QED) is 0.697. The van der Waals surface area contributed by atoms with E-state index >= 15 is 0 Å². The predicted octanol–water partition coefficient (Wildman–Crippen LogP) is 2.04. The Morgan fingerprint density at radius 3 is 2.83 bits per heavy atom. The van der Waals surface area contributed by atoms with Crippen molar-refractivity contribution in [2.45, 2.75) is 25.9 Å². The van der Waals surface area contributed by atoms with Gasteiger partial charge in [0.05, 0.1) is 26.2 Å². The van der Waals surface area contributed by atoms with E-state index in [1.165, 1.54) is 0 Å². The first-order valence-corrected chi connectivity index (χ1v) is 10.8. The lowest BCUT2D eigenvalue weighted by molar-refractivity contribution is -0.141. The molecule has 0 aromatic heterocycles. The number of hydrogen-bond donors (Lipinski definition) is 1. The highest BCUT2D eigenvalue weighted by Crippen LogP contribution is 2.29. The maximum absolute atomic E-state index is 12.8. The molecule has 3 rings (SSSR count). The highest BCUT2D eigenvalue weighted by Gasteiger charge is 2.30. The molecule has 2 aliphatic heterocycles. The van der Waals surface area contributed by atoms with Gasteiger partial charge >= 0.3 is 0 Å². The number of methoxy groups -OCH3 is 1. The number of carbonyl (C=O) groups is 1. The summed E-state index contributed by atoms with van der Waals surface area (Å²) < 4.78 is 16.6. The summed E-state index contributed by atoms with van der Waals surface area (Å²) in [6.45, 7) is 6.83. The standard InChI is InChI=1S/C23H34N2O5/c1-3-5-18-7-8-21(22(14-18)28-2)30-17-20(26)16-24-9-4-6-19(15-24)23(27)25-10-12-29-13-11-25/h3,5,7-8,14,19-20,26H,4,6,9-13,15-17H2,1-2H3/b5-3+. The molecule has 2 fully saturated rings. The van der Waals surface area contributed by atoms with Crippen LogP contribution in [-0.2, 0) is 9.53 Å². The van der Waals surface area contributed by atoms with Gasteiger partial charge in [-0.25, -0.2) is 0 Å². The van der Waals surface area contributed by atoms with E-state index in [4.69, 9.17) is 14.2 Å². The molecule has 0 saturated carbocycles. The number of piperidine rings is 1. The summed E-state index contributed by atoms with van der Waals surface area (Å²) in [7, 11) is 1.61. The fraction of sp³-hybridized carbons (Fsp3) is 0.609. The number of morpholine rings is 1. The second-order valence-corrected chi connectivity index (χ2v) is 7.91. The first-order chi connectivity index (χ1) is 14.6. The van der Waals surface area contributed by atoms with Crippen LogP contribution < -0.4 is 9.47 Å². The molecule has 30 heavy (non-hydrogen) atoms. The van der Waals surface area contributed by atoms with Crippen molar-refractivity contribution in [3.05, 3.63) is 29.8 Å². The third kappa shape index (κ3) is 6.20. The van der Waals surface area contributed by atoms with Gasteiger partial charge in [-0.2, -0.15) is 0 Å². The summed E-state index contributed by atoms with van der Waals surface area (Å²) in [5, 5.41) is 10.5. The van der Waals surface area contributed by atoms with Crippen LogP contribution in [0.5, 0.6) is 11.5 Å². The Hall–Kier alpha value is -2.09. The monoisotopic (exact) mass is 418 g/mol. The first kappa shape index (κ1) is 22.6. The summed E-state index contributed by atoms with van der Waals surface area (Å²) in [4.78, 5) is 16.9. The van der Waals surface area contributed by atoms with Crippen molar-refractivity contribution in [3.63, 3.8) is 0 Å². The van der Waals surface area contributed by atoms with Crippen molar-refractivity contribution in [2.24, 2.45) is 5.92 Å². The van der Waals surface area contributed by atoms with Crippen molar-refractivity contribution < 1.29 is 24.1 Å². The molecule has 1 N–H and O–H groups in total. The summed E-state index contributed by atoms with van der Waals surface area (Å²) in [5.41, 5.74) is 1.03. The number of carbonyl (C=O) groups excluding carboxylic acids is 1. The largest absolute Gasteiger partial charge is 0.493 e. The van der Waals surface area contributed by atoms with Gasteiger partial charge < -0.3 is 24.2 Å². The number of amides is 1. The zero-order valence-corrected chi connectivity index (χ0v) is 18.1. The first-order valence-electron chi connectivity index (χ1n) is 10.8. The Balaban J connectivity index is 1.48. The number of hydrogen-bond acceptors (Lipinski definition) is 6. The lowest BCUT2D eigenvalue weighted by Gasteiger charge is -2.36. The number of aliphatic hydroxyl groups excluding tert-OH is 1. The maximum atomic E-state index is 12.8. The fourth-order valence-corrected chi connectivity index (χ4v) is 4.10. The van der Waals surface area contributed by atoms with Crippen LogP contribution >= 0.6 is 0 Å². The molecule has 0 aliphatic carbocycles. The van der Waals surface area contributed by atoms with Crippen LogP contribution in [0.4, 0.5) is 0 Å². The lowest BCUT2D eigenvalue weighted by Crippen LogP contribution is -2.49. The fourth-order valence-electron chi connectivity index (χ4n) is 4.10. The van der Waals surface area contributed by atoms with Gasteiger partial charge in [0, 0.05) is 26.2 Å². The number of likely N-dealkylation sites (tertiary alicyclic amines) is 1. The molecular weight excluding hydrogens is 384 g/mol. The van der Waals surface area contributed by atoms with Crippen LogP contribution in [0.1, 0.15) is 25.3 Å². The molecule has 2 aliphatic rings. The van der Waals surface area contributed by atoms with Gasteiger partial charge in [-0.05, 0) is 44.0 Å². The van der Waals surface area contributed by atoms with E-state index in [9.17, 15) is 9.90 Å². The van der Waals surface area contributed by atoms with Crippen molar-refractivity contribution in [3.8, 4) is 11.5 Å². The van der Waals surface area contributed by atoms with Crippen LogP contribution in [-0.4, -0.2) is 86.6 Å². The van der Waals surface area contributed by atoms with E-state index in [1.54, 1.807) is 7.11 Å². The van der Waals surface area contributed by atoms with Gasteiger partial charge in [0.25, 0.3) is 0 Å². The molecule has 1 amide bonds. The molecule has 1 aromatic rings. The van der Waals surface area contributed by atoms with E-state index in [0.717, 1.165) is 24.9 Å². The highest BCUT2D eigenvalue weighted by atomic mass is 16.5. The normalized spacial score (nSPS) is 21.6. The predicted molar refractivity (Wildman–Crippen MR) is 116 cm³/mol. The molecule has 7 nitrogen and oxygen atoms in total. The Morgan fingerprint density at radius 1 is 1.30 bits per heavy atom. The number of ether oxygens (including phenoxy) is 3. The second kappa shape index (κ2) is 11.3. The van der Waals surface area contributed by atoms with E-state index in [0.29, 0.717) is 50.9 Å². The van der Waals surface area contributed by atoms with Gasteiger partial charge in [0.15, 0.2) is 11.5 Å². The molecule has 2 unspecified atom stereocenters. The summed E-state index contributed by atoms with van der Waals surface area (Å²) in [5.74, 6) is 1.49. The molecule has 2 atom stereocenters. The van der Waals surface area contributed by atoms with E-state index in [2.05, 4.69) is 4.90 Å². The van der Waals surface area contributed by atoms with Crippen molar-refractivity contribution in [1.82, 2.24) is 9.80 Å². The molecule has 0 spiro atoms. The minimum Gasteiger partial charge on any atom is -0.493 e. The van der Waals surface area contributed by atoms with E-state index in [-0.39, 0.29) is 18.4 Å². The number of β-amino-alcohol motifs (C(OH)–C–C–N with tert-alkyl or cyclic N) is 1. The highest BCUT2D eigenvalue weighted by molar-refractivity contribution is 5.79. The summed E-state index contributed by atoms with van der Waals surface area (Å²) >= 11 is 0. The van der Waals surface area contributed by atoms with Crippen molar-refractivity contribution >= 4 is 12.0 Å². The third-order valence-corrected chi connectivity index (χ3v) is 5.62. The van der Waals surface area contributed by atoms with Crippen molar-refractivity contribution in [1.29, 1.82) is 0 Å². The van der Waals surface area contributed by atoms with Crippen LogP contribution in [0.15, 0.2) is 24.3 Å². The molecule has 2 heterocycles. The zero-order valence-electron chi connectivity index (χ0n) is 18.1. The minimum atomic E-state index is -0.637. The summed E-state index contributed by atoms with van der Waals surface area (Å²) in [6, 6.07) is 5.73. The average Bonchev–Trinajstić information content (AvgIpc) is 2.78. The van der Waals surface area contributed by atoms with Crippen LogP contribution in [0, 0.1) is 5.92 Å². The molecule has 0 bridgehead atoms. The molecule has 1 aromatic carbocycles. The van der Waals surface area contributed by atoms with Gasteiger partial charge in [0.2, 0.25) is 5.91 Å². The van der Waals surface area contributed by atoms with Gasteiger partial charge in [-0.15, -0.1) is 0 Å². The number of rotatable bonds is 8. The number of aliphatic hydroxyl groups is 1. The zero-order chi connectivity index (χ0) is 21.3. The van der Waals surface area contributed by atoms with Gasteiger partial charge in [0.1, 0.15) is 12.7 Å². The molecule has 166 valence electrons. The van der Waals surface area contributed by atoms with Crippen LogP contribution in [0.2, 0.25) is 0 Å². The maximum Gasteiger partial charge on any atom is 0.227 e. The van der Waals surface area contributed by atoms with Gasteiger partial charge in [-0.1, -0.05) is 18.2 Å². The Labute approximate surface area is 179 Å². The molecular formula is C23H34N2O5. The average molecular weight is 419 g/mol. The Morgan fingerprint density at radius 2 is 2.10 bits per heavy atom. The number of allylic oxidation sites excluding steroid dienone is 1. The minimum absolute atomic E-state index is 0.00391. The summed E-state index contributed by atoms with van der Waals surface area (Å²) in [6.07, 6.45) is 5.20. The van der Waals surface area contributed by atoms with E-state index in [1.807, 2.05) is 42.2 Å². The lowest BCUT2D eigenvalue weighted by atomic mass is 9.96. The third-order valence-electron chi connectivity index (χ3n) is 5.62. The van der Waals surface area contributed by atoms with Crippen molar-refractivity contribution in [2.75, 3.05) is 59.7 Å². The number of benzene rings is 1. The van der Waals surface area contributed by atoms with Crippen LogP contribution in [0.25, 0.3) is 6.08 Å². The van der Waals surface area contributed by atoms with Gasteiger partial charge in [-0.3, -0.25) is 9.69 Å². The second-order valence-electron chi connectivity index (χ2n) is 7.91. The van der Waals surface area contributed by atoms with Crippen LogP contribution in [0.3, 0.4) is 0 Å². The number of nitrogens with zero attached hydrogens (tertiary/aromatic N) is 2. The molecule has 0 radical (unpaired) electrons.